The second-order valence-corrected chi connectivity index (χ2v) is 11.4. The molecule has 1 saturated carbocycles. The summed E-state index contributed by atoms with van der Waals surface area (Å²) in [5.74, 6) is 0.666. The highest BCUT2D eigenvalue weighted by molar-refractivity contribution is 8.13. The van der Waals surface area contributed by atoms with Crippen LogP contribution in [0.4, 0.5) is 4.79 Å². The van der Waals surface area contributed by atoms with Crippen LogP contribution in [0.5, 0.6) is 0 Å². The molecule has 2 aliphatic rings. The fraction of sp³-hybridized carbons (Fsp3) is 0.643. The molecule has 2 N–H and O–H groups in total. The molecule has 0 saturated heterocycles. The van der Waals surface area contributed by atoms with Crippen molar-refractivity contribution in [2.75, 3.05) is 25.4 Å². The Kier molecular flexibility index (Phi) is 11.5. The van der Waals surface area contributed by atoms with Gasteiger partial charge in [0.15, 0.2) is 5.78 Å². The molecule has 1 aliphatic heterocycles. The van der Waals surface area contributed by atoms with Crippen LogP contribution >= 0.6 is 11.8 Å². The lowest BCUT2D eigenvalue weighted by molar-refractivity contribution is -0.131. The Hall–Kier alpha value is -2.59. The van der Waals surface area contributed by atoms with E-state index in [1.54, 1.807) is 12.1 Å². The average molecular weight is 546 g/mol. The quantitative estimate of drug-likeness (QED) is 0.366. The van der Waals surface area contributed by atoms with Crippen LogP contribution in [0, 0.1) is 5.92 Å². The van der Waals surface area contributed by atoms with Gasteiger partial charge in [-0.3, -0.25) is 9.59 Å². The Bertz CT molecular complexity index is 961. The SMILES string of the molecule is CCN(CC)CCSC1=NN(C(=O)NC2(NC(=O)c3ccccc3)CCCCC2)C(C(=O)CCC(C)C)O1. The van der Waals surface area contributed by atoms with Gasteiger partial charge in [0.25, 0.3) is 17.4 Å². The van der Waals surface area contributed by atoms with Gasteiger partial charge in [0, 0.05) is 24.3 Å². The summed E-state index contributed by atoms with van der Waals surface area (Å²) < 4.78 is 5.93. The lowest BCUT2D eigenvalue weighted by atomic mass is 9.88. The highest BCUT2D eigenvalue weighted by atomic mass is 32.2. The van der Waals surface area contributed by atoms with E-state index in [1.165, 1.54) is 11.8 Å². The molecule has 0 radical (unpaired) electrons. The molecule has 38 heavy (non-hydrogen) atoms. The van der Waals surface area contributed by atoms with Crippen LogP contribution in [-0.2, 0) is 9.53 Å². The number of carbonyl (C=O) groups excluding carboxylic acids is 3. The number of hydrogen-bond donors (Lipinski definition) is 2. The number of rotatable bonds is 12. The minimum atomic E-state index is -1.10. The summed E-state index contributed by atoms with van der Waals surface area (Å²) in [6.45, 7) is 11.1. The smallest absolute Gasteiger partial charge is 0.343 e. The summed E-state index contributed by atoms with van der Waals surface area (Å²) in [4.78, 5) is 42.0. The van der Waals surface area contributed by atoms with Crippen molar-refractivity contribution in [3.05, 3.63) is 35.9 Å². The van der Waals surface area contributed by atoms with Crippen molar-refractivity contribution >= 4 is 34.7 Å². The molecule has 1 heterocycles. The van der Waals surface area contributed by atoms with E-state index in [0.29, 0.717) is 42.4 Å². The molecule has 10 heteroatoms. The summed E-state index contributed by atoms with van der Waals surface area (Å²) in [7, 11) is 0. The average Bonchev–Trinajstić information content (AvgIpc) is 3.35. The predicted molar refractivity (Wildman–Crippen MR) is 152 cm³/mol. The van der Waals surface area contributed by atoms with Crippen LogP contribution in [0.15, 0.2) is 35.4 Å². The standard InChI is InChI=1S/C28H43N5O4S/c1-5-32(6-2)19-20-38-27-31-33(25(37-27)23(34)16-15-21(3)4)26(36)30-28(17-11-8-12-18-28)29-24(35)22-13-9-7-10-14-22/h7,9-10,13-14,21,25H,5-6,8,11-12,15-20H2,1-4H3,(H,29,35)(H,30,36). The number of Topliss-reactive ketones (excluding diaryl/α,β-unsaturated/α-hetero) is 1. The minimum Gasteiger partial charge on any atom is -0.438 e. The molecule has 9 nitrogen and oxygen atoms in total. The zero-order valence-corrected chi connectivity index (χ0v) is 24.0. The maximum absolute atomic E-state index is 13.6. The van der Waals surface area contributed by atoms with Gasteiger partial charge in [-0.05, 0) is 63.2 Å². The van der Waals surface area contributed by atoms with Gasteiger partial charge in [0.1, 0.15) is 5.66 Å². The largest absolute Gasteiger partial charge is 0.438 e. The molecule has 210 valence electrons. The van der Waals surface area contributed by atoms with Gasteiger partial charge in [-0.15, -0.1) is 5.10 Å². The molecule has 0 bridgehead atoms. The Morgan fingerprint density at radius 1 is 1.11 bits per heavy atom. The molecule has 0 aromatic heterocycles. The lowest BCUT2D eigenvalue weighted by Gasteiger charge is -2.39. The minimum absolute atomic E-state index is 0.178. The van der Waals surface area contributed by atoms with E-state index >= 15 is 0 Å². The Balaban J connectivity index is 1.75. The summed E-state index contributed by atoms with van der Waals surface area (Å²) >= 11 is 1.41. The first-order valence-corrected chi connectivity index (χ1v) is 14.9. The van der Waals surface area contributed by atoms with E-state index < -0.39 is 17.9 Å². The fourth-order valence-electron chi connectivity index (χ4n) is 4.66. The highest BCUT2D eigenvalue weighted by Crippen LogP contribution is 2.28. The summed E-state index contributed by atoms with van der Waals surface area (Å²) in [6.07, 6.45) is 3.89. The maximum atomic E-state index is 13.6. The number of hydrogen-bond acceptors (Lipinski definition) is 7. The van der Waals surface area contributed by atoms with E-state index in [4.69, 9.17) is 4.74 Å². The molecular weight excluding hydrogens is 502 g/mol. The second-order valence-electron chi connectivity index (χ2n) is 10.3. The Morgan fingerprint density at radius 2 is 1.79 bits per heavy atom. The van der Waals surface area contributed by atoms with Crippen molar-refractivity contribution in [1.29, 1.82) is 0 Å². The van der Waals surface area contributed by atoms with Crippen molar-refractivity contribution in [3.63, 3.8) is 0 Å². The zero-order chi connectivity index (χ0) is 27.5. The van der Waals surface area contributed by atoms with E-state index in [-0.39, 0.29) is 11.7 Å². The normalized spacial score (nSPS) is 18.7. The number of urea groups is 1. The summed E-state index contributed by atoms with van der Waals surface area (Å²) in [6, 6.07) is 8.43. The van der Waals surface area contributed by atoms with Crippen molar-refractivity contribution in [3.8, 4) is 0 Å². The maximum Gasteiger partial charge on any atom is 0.343 e. The van der Waals surface area contributed by atoms with Crippen molar-refractivity contribution in [1.82, 2.24) is 20.5 Å². The topological polar surface area (TPSA) is 103 Å². The number of benzene rings is 1. The molecule has 3 rings (SSSR count). The van der Waals surface area contributed by atoms with Gasteiger partial charge in [0.2, 0.25) is 0 Å². The molecule has 3 amide bonds. The summed E-state index contributed by atoms with van der Waals surface area (Å²) in [5, 5.41) is 12.0. The Morgan fingerprint density at radius 3 is 2.42 bits per heavy atom. The second kappa shape index (κ2) is 14.5. The Labute approximate surface area is 231 Å². The molecule has 1 aliphatic carbocycles. The third-order valence-corrected chi connectivity index (χ3v) is 7.86. The molecule has 1 fully saturated rings. The van der Waals surface area contributed by atoms with Gasteiger partial charge in [0.05, 0.1) is 0 Å². The van der Waals surface area contributed by atoms with Gasteiger partial charge in [-0.1, -0.05) is 64.1 Å². The fourth-order valence-corrected chi connectivity index (χ4v) is 5.49. The van der Waals surface area contributed by atoms with Crippen LogP contribution in [0.2, 0.25) is 0 Å². The van der Waals surface area contributed by atoms with E-state index in [1.807, 2.05) is 18.2 Å². The molecule has 0 spiro atoms. The lowest BCUT2D eigenvalue weighted by Crippen LogP contribution is -2.64. The summed E-state index contributed by atoms with van der Waals surface area (Å²) in [5.41, 5.74) is -0.384. The molecule has 1 aromatic carbocycles. The number of ether oxygens (including phenoxy) is 1. The van der Waals surface area contributed by atoms with E-state index in [2.05, 4.69) is 48.3 Å². The first-order chi connectivity index (χ1) is 18.3. The van der Waals surface area contributed by atoms with Crippen LogP contribution in [-0.4, -0.2) is 70.1 Å². The third kappa shape index (κ3) is 8.46. The monoisotopic (exact) mass is 545 g/mol. The van der Waals surface area contributed by atoms with Crippen LogP contribution in [0.25, 0.3) is 0 Å². The van der Waals surface area contributed by atoms with Crippen molar-refractivity contribution in [2.24, 2.45) is 11.0 Å². The van der Waals surface area contributed by atoms with E-state index in [0.717, 1.165) is 49.7 Å². The highest BCUT2D eigenvalue weighted by Gasteiger charge is 2.42. The zero-order valence-electron chi connectivity index (χ0n) is 23.2. The molecule has 1 atom stereocenters. The number of thioether (sulfide) groups is 1. The number of amides is 3. The van der Waals surface area contributed by atoms with Crippen LogP contribution in [0.1, 0.15) is 83.0 Å². The molecule has 1 unspecified atom stereocenters. The molecule has 1 aromatic rings. The van der Waals surface area contributed by atoms with Crippen LogP contribution < -0.4 is 10.6 Å². The van der Waals surface area contributed by atoms with Gasteiger partial charge < -0.3 is 20.3 Å². The number of hydrazone groups is 1. The van der Waals surface area contributed by atoms with Crippen LogP contribution in [0.3, 0.4) is 0 Å². The van der Waals surface area contributed by atoms with Gasteiger partial charge in [-0.25, -0.2) is 4.79 Å². The van der Waals surface area contributed by atoms with Crippen molar-refractivity contribution in [2.45, 2.75) is 84.5 Å². The van der Waals surface area contributed by atoms with Gasteiger partial charge in [-0.2, -0.15) is 5.01 Å². The third-order valence-electron chi connectivity index (χ3n) is 7.05. The number of ketones is 1. The van der Waals surface area contributed by atoms with E-state index in [9.17, 15) is 14.4 Å². The number of nitrogens with one attached hydrogen (secondary N) is 2. The number of carbonyl (C=O) groups is 3. The first-order valence-electron chi connectivity index (χ1n) is 13.9. The van der Waals surface area contributed by atoms with Gasteiger partial charge >= 0.3 is 6.03 Å². The van der Waals surface area contributed by atoms with Crippen molar-refractivity contribution < 1.29 is 19.1 Å². The number of nitrogens with zero attached hydrogens (tertiary/aromatic N) is 3. The molecular formula is C28H43N5O4S. The first kappa shape index (κ1) is 30.0. The predicted octanol–water partition coefficient (Wildman–Crippen LogP) is 4.80.